The number of β-amino-alcohol motifs (C(OH)–C–C–N with tert-alkyl or cyclic N) is 1. The summed E-state index contributed by atoms with van der Waals surface area (Å²) in [7, 11) is 1.74. The molecule has 32 heavy (non-hydrogen) atoms. The summed E-state index contributed by atoms with van der Waals surface area (Å²) in [6, 6.07) is 6.73. The van der Waals surface area contributed by atoms with Crippen LogP contribution in [0.4, 0.5) is 0 Å². The Labute approximate surface area is 194 Å². The fourth-order valence-corrected chi connectivity index (χ4v) is 5.11. The third-order valence-electron chi connectivity index (χ3n) is 6.04. The van der Waals surface area contributed by atoms with Crippen molar-refractivity contribution in [2.75, 3.05) is 13.6 Å². The number of carbonyl (C=O) groups excluding carboxylic acids is 2. The number of carbonyl (C=O) groups is 2. The molecule has 3 N–H and O–H groups in total. The van der Waals surface area contributed by atoms with E-state index in [-0.39, 0.29) is 36.2 Å². The molecule has 4 atom stereocenters. The Morgan fingerprint density at radius 2 is 1.91 bits per heavy atom. The molecule has 0 radical (unpaired) electrons. The Bertz CT molecular complexity index is 951. The van der Waals surface area contributed by atoms with Crippen molar-refractivity contribution in [3.05, 3.63) is 41.0 Å². The van der Waals surface area contributed by atoms with Crippen LogP contribution in [-0.2, 0) is 9.59 Å². The summed E-state index contributed by atoms with van der Waals surface area (Å²) < 4.78 is 0. The van der Waals surface area contributed by atoms with E-state index in [1.165, 1.54) is 4.90 Å². The lowest BCUT2D eigenvalue weighted by Gasteiger charge is -2.34. The number of benzene rings is 1. The summed E-state index contributed by atoms with van der Waals surface area (Å²) in [6.07, 6.45) is -0.460. The van der Waals surface area contributed by atoms with Gasteiger partial charge in [-0.15, -0.1) is 11.3 Å². The second kappa shape index (κ2) is 9.68. The maximum Gasteiger partial charge on any atom is 0.243 e. The van der Waals surface area contributed by atoms with Gasteiger partial charge in [0, 0.05) is 13.0 Å². The van der Waals surface area contributed by atoms with Gasteiger partial charge in [-0.25, -0.2) is 4.98 Å². The zero-order valence-corrected chi connectivity index (χ0v) is 20.5. The van der Waals surface area contributed by atoms with E-state index in [9.17, 15) is 14.7 Å². The minimum Gasteiger partial charge on any atom is -0.391 e. The number of hydrogen-bond donors (Lipinski definition) is 3. The first-order valence-corrected chi connectivity index (χ1v) is 11.9. The molecule has 0 saturated carbocycles. The van der Waals surface area contributed by atoms with Gasteiger partial charge in [0.25, 0.3) is 0 Å². The molecule has 0 spiro atoms. The molecule has 7 nitrogen and oxygen atoms in total. The van der Waals surface area contributed by atoms with E-state index < -0.39 is 18.2 Å². The molecule has 1 aliphatic rings. The Hall–Kier alpha value is -2.29. The molecule has 2 aromatic rings. The molecule has 1 aliphatic heterocycles. The molecule has 2 heterocycles. The Balaban J connectivity index is 1.70. The van der Waals surface area contributed by atoms with E-state index in [4.69, 9.17) is 0 Å². The second-order valence-electron chi connectivity index (χ2n) is 9.60. The van der Waals surface area contributed by atoms with Gasteiger partial charge in [-0.1, -0.05) is 45.0 Å². The number of nitrogens with zero attached hydrogens (tertiary/aromatic N) is 2. The van der Waals surface area contributed by atoms with E-state index in [0.29, 0.717) is 0 Å². The van der Waals surface area contributed by atoms with Gasteiger partial charge < -0.3 is 20.6 Å². The fraction of sp³-hybridized carbons (Fsp3) is 0.542. The zero-order chi connectivity index (χ0) is 23.6. The fourth-order valence-electron chi connectivity index (χ4n) is 4.29. The predicted molar refractivity (Wildman–Crippen MR) is 127 cm³/mol. The maximum absolute atomic E-state index is 13.2. The molecule has 8 heteroatoms. The van der Waals surface area contributed by atoms with E-state index in [2.05, 4.69) is 15.6 Å². The standard InChI is InChI=1S/C24H34N4O3S/c1-14(16-7-9-17(10-8-16)20-15(2)26-13-32-20)27-22(30)19-11-18(29)12-28(19)23(31)21(25-6)24(3,4)5/h7-10,13-14,18-19,21,25,29H,11-12H2,1-6H3,(H,27,30)/t14-,18-,19+,21+/m1/s1. The van der Waals surface area contributed by atoms with Gasteiger partial charge in [0.2, 0.25) is 11.8 Å². The lowest BCUT2D eigenvalue weighted by Crippen LogP contribution is -2.56. The van der Waals surface area contributed by atoms with Gasteiger partial charge in [0.15, 0.2) is 0 Å². The highest BCUT2D eigenvalue weighted by atomic mass is 32.1. The SMILES string of the molecule is CN[C@@H](C(=O)N1C[C@H](O)C[C@H]1C(=O)N[C@H](C)c1ccc(-c2scnc2C)cc1)C(C)(C)C. The maximum atomic E-state index is 13.2. The number of aromatic nitrogens is 1. The molecular formula is C24H34N4O3S. The molecule has 2 amide bonds. The number of thiazole rings is 1. The average Bonchev–Trinajstić information content (AvgIpc) is 3.33. The number of aliphatic hydroxyl groups is 1. The van der Waals surface area contributed by atoms with Crippen molar-refractivity contribution in [1.82, 2.24) is 20.5 Å². The molecule has 1 aromatic carbocycles. The largest absolute Gasteiger partial charge is 0.391 e. The summed E-state index contributed by atoms with van der Waals surface area (Å²) in [5.74, 6) is -0.401. The quantitative estimate of drug-likeness (QED) is 0.619. The molecule has 0 unspecified atom stereocenters. The van der Waals surface area contributed by atoms with Crippen molar-refractivity contribution in [1.29, 1.82) is 0 Å². The van der Waals surface area contributed by atoms with Crippen molar-refractivity contribution >= 4 is 23.2 Å². The summed E-state index contributed by atoms with van der Waals surface area (Å²) in [5.41, 5.74) is 4.60. The molecular weight excluding hydrogens is 424 g/mol. The molecule has 1 saturated heterocycles. The van der Waals surface area contributed by atoms with Crippen molar-refractivity contribution in [2.45, 2.75) is 65.3 Å². The number of likely N-dealkylation sites (tertiary alicyclic amines) is 1. The monoisotopic (exact) mass is 458 g/mol. The van der Waals surface area contributed by atoms with Crippen LogP contribution in [0, 0.1) is 12.3 Å². The summed E-state index contributed by atoms with van der Waals surface area (Å²) in [4.78, 5) is 33.3. The summed E-state index contributed by atoms with van der Waals surface area (Å²) in [6.45, 7) is 10.0. The molecule has 0 bridgehead atoms. The number of aliphatic hydroxyl groups excluding tert-OH is 1. The first-order chi connectivity index (χ1) is 15.0. The minimum absolute atomic E-state index is 0.159. The van der Waals surface area contributed by atoms with Crippen LogP contribution in [0.2, 0.25) is 0 Å². The average molecular weight is 459 g/mol. The minimum atomic E-state index is -0.704. The lowest BCUT2D eigenvalue weighted by atomic mass is 9.86. The highest BCUT2D eigenvalue weighted by molar-refractivity contribution is 7.13. The highest BCUT2D eigenvalue weighted by Gasteiger charge is 2.43. The van der Waals surface area contributed by atoms with E-state index in [1.54, 1.807) is 18.4 Å². The third kappa shape index (κ3) is 5.19. The van der Waals surface area contributed by atoms with Crippen molar-refractivity contribution in [2.24, 2.45) is 5.41 Å². The van der Waals surface area contributed by atoms with Crippen LogP contribution in [0.1, 0.15) is 51.4 Å². The van der Waals surface area contributed by atoms with E-state index in [1.807, 2.05) is 64.4 Å². The first kappa shape index (κ1) is 24.4. The summed E-state index contributed by atoms with van der Waals surface area (Å²) >= 11 is 1.61. The van der Waals surface area contributed by atoms with Crippen LogP contribution in [0.5, 0.6) is 0 Å². The zero-order valence-electron chi connectivity index (χ0n) is 19.7. The predicted octanol–water partition coefficient (Wildman–Crippen LogP) is 2.89. The van der Waals surface area contributed by atoms with Crippen molar-refractivity contribution in [3.63, 3.8) is 0 Å². The number of amides is 2. The van der Waals surface area contributed by atoms with Gasteiger partial charge in [-0.3, -0.25) is 9.59 Å². The molecule has 174 valence electrons. The molecule has 3 rings (SSSR count). The second-order valence-corrected chi connectivity index (χ2v) is 10.5. The van der Waals surface area contributed by atoms with Crippen LogP contribution < -0.4 is 10.6 Å². The number of likely N-dealkylation sites (N-methyl/N-ethyl adjacent to an activating group) is 1. The third-order valence-corrected chi connectivity index (χ3v) is 7.02. The van der Waals surface area contributed by atoms with Crippen LogP contribution >= 0.6 is 11.3 Å². The number of aryl methyl sites for hydroxylation is 1. The topological polar surface area (TPSA) is 94.6 Å². The van der Waals surface area contributed by atoms with Gasteiger partial charge in [-0.2, -0.15) is 0 Å². The van der Waals surface area contributed by atoms with Crippen LogP contribution in [0.3, 0.4) is 0 Å². The van der Waals surface area contributed by atoms with Crippen LogP contribution in [0.15, 0.2) is 29.8 Å². The molecule has 0 aliphatic carbocycles. The number of hydrogen-bond acceptors (Lipinski definition) is 6. The highest BCUT2D eigenvalue weighted by Crippen LogP contribution is 2.29. The smallest absolute Gasteiger partial charge is 0.243 e. The van der Waals surface area contributed by atoms with Gasteiger partial charge >= 0.3 is 0 Å². The Morgan fingerprint density at radius 3 is 2.44 bits per heavy atom. The van der Waals surface area contributed by atoms with Gasteiger partial charge in [0.05, 0.1) is 34.3 Å². The normalized spacial score (nSPS) is 20.8. The Kier molecular flexibility index (Phi) is 7.37. The number of rotatable bonds is 6. The van der Waals surface area contributed by atoms with Gasteiger partial charge in [-0.05, 0) is 37.4 Å². The molecule has 1 fully saturated rings. The van der Waals surface area contributed by atoms with E-state index >= 15 is 0 Å². The van der Waals surface area contributed by atoms with Crippen molar-refractivity contribution in [3.8, 4) is 10.4 Å². The van der Waals surface area contributed by atoms with E-state index in [0.717, 1.165) is 21.7 Å². The lowest BCUT2D eigenvalue weighted by molar-refractivity contribution is -0.142. The summed E-state index contributed by atoms with van der Waals surface area (Å²) in [5, 5.41) is 16.3. The Morgan fingerprint density at radius 1 is 1.25 bits per heavy atom. The van der Waals surface area contributed by atoms with Crippen LogP contribution in [0.25, 0.3) is 10.4 Å². The van der Waals surface area contributed by atoms with Crippen molar-refractivity contribution < 1.29 is 14.7 Å². The van der Waals surface area contributed by atoms with Gasteiger partial charge in [0.1, 0.15) is 6.04 Å². The van der Waals surface area contributed by atoms with Crippen LogP contribution in [-0.4, -0.2) is 58.6 Å². The molecule has 1 aromatic heterocycles. The number of nitrogens with one attached hydrogen (secondary N) is 2. The first-order valence-electron chi connectivity index (χ1n) is 11.0.